The standard InChI is InChI=1S/C22H23F2N3O4/c1-14-19(24)12-17(13-20(14)27(30)31)22(29)26-10-7-16(8-11-26)21(28)25-9-6-15-4-2-3-5-18(15)23/h2-5,12-13,16H,6-11H2,1H3,(H,25,28). The first-order valence-electron chi connectivity index (χ1n) is 10.0. The third-order valence-electron chi connectivity index (χ3n) is 5.56. The molecule has 1 heterocycles. The summed E-state index contributed by atoms with van der Waals surface area (Å²) in [4.78, 5) is 36.9. The maximum absolute atomic E-state index is 14.0. The molecule has 1 aliphatic rings. The van der Waals surface area contributed by atoms with Crippen molar-refractivity contribution in [1.82, 2.24) is 10.2 Å². The molecule has 2 aromatic carbocycles. The van der Waals surface area contributed by atoms with Crippen LogP contribution in [-0.2, 0) is 11.2 Å². The van der Waals surface area contributed by atoms with Crippen molar-refractivity contribution in [3.05, 3.63) is 74.8 Å². The number of nitro groups is 1. The molecule has 0 atom stereocenters. The number of nitro benzene ring substituents is 1. The van der Waals surface area contributed by atoms with Crippen molar-refractivity contribution in [1.29, 1.82) is 0 Å². The summed E-state index contributed by atoms with van der Waals surface area (Å²) >= 11 is 0. The lowest BCUT2D eigenvalue weighted by Crippen LogP contribution is -2.43. The Morgan fingerprint density at radius 2 is 1.84 bits per heavy atom. The van der Waals surface area contributed by atoms with Crippen molar-refractivity contribution in [2.24, 2.45) is 5.92 Å². The zero-order valence-electron chi connectivity index (χ0n) is 17.1. The number of rotatable bonds is 6. The highest BCUT2D eigenvalue weighted by atomic mass is 19.1. The normalized spacial score (nSPS) is 14.4. The van der Waals surface area contributed by atoms with Crippen molar-refractivity contribution in [3.63, 3.8) is 0 Å². The third-order valence-corrected chi connectivity index (χ3v) is 5.56. The molecule has 31 heavy (non-hydrogen) atoms. The van der Waals surface area contributed by atoms with E-state index in [1.54, 1.807) is 18.2 Å². The van der Waals surface area contributed by atoms with Gasteiger partial charge in [0.05, 0.1) is 10.5 Å². The van der Waals surface area contributed by atoms with Crippen LogP contribution in [0.4, 0.5) is 14.5 Å². The molecule has 1 aliphatic heterocycles. The van der Waals surface area contributed by atoms with Crippen molar-refractivity contribution < 1.29 is 23.3 Å². The van der Waals surface area contributed by atoms with Gasteiger partial charge in [-0.05, 0) is 43.9 Å². The monoisotopic (exact) mass is 431 g/mol. The number of nitrogens with one attached hydrogen (secondary N) is 1. The summed E-state index contributed by atoms with van der Waals surface area (Å²) in [5, 5.41) is 13.9. The molecular formula is C22H23F2N3O4. The summed E-state index contributed by atoms with van der Waals surface area (Å²) in [6, 6.07) is 8.48. The Labute approximate surface area is 178 Å². The van der Waals surface area contributed by atoms with Gasteiger partial charge in [0, 0.05) is 37.2 Å². The summed E-state index contributed by atoms with van der Waals surface area (Å²) in [6.45, 7) is 2.17. The SMILES string of the molecule is Cc1c(F)cc(C(=O)N2CCC(C(=O)NCCc3ccccc3F)CC2)cc1[N+](=O)[O-]. The molecule has 1 N–H and O–H groups in total. The lowest BCUT2D eigenvalue weighted by molar-refractivity contribution is -0.385. The minimum absolute atomic E-state index is 0.0809. The van der Waals surface area contributed by atoms with Gasteiger partial charge in [-0.3, -0.25) is 19.7 Å². The lowest BCUT2D eigenvalue weighted by atomic mass is 9.95. The minimum atomic E-state index is -0.804. The molecule has 1 saturated heterocycles. The van der Waals surface area contributed by atoms with Crippen molar-refractivity contribution in [2.75, 3.05) is 19.6 Å². The summed E-state index contributed by atoms with van der Waals surface area (Å²) in [5.41, 5.74) is -0.106. The Bertz CT molecular complexity index is 1000. The topological polar surface area (TPSA) is 92.6 Å². The molecule has 0 aliphatic carbocycles. The van der Waals surface area contributed by atoms with Crippen molar-refractivity contribution in [3.8, 4) is 0 Å². The smallest absolute Gasteiger partial charge is 0.276 e. The van der Waals surface area contributed by atoms with E-state index in [0.29, 0.717) is 31.4 Å². The van der Waals surface area contributed by atoms with Crippen LogP contribution in [0.2, 0.25) is 0 Å². The first-order valence-corrected chi connectivity index (χ1v) is 10.0. The predicted molar refractivity (Wildman–Crippen MR) is 110 cm³/mol. The number of amides is 2. The van der Waals surface area contributed by atoms with E-state index in [-0.39, 0.29) is 41.9 Å². The number of likely N-dealkylation sites (tertiary alicyclic amines) is 1. The van der Waals surface area contributed by atoms with Crippen molar-refractivity contribution >= 4 is 17.5 Å². The molecule has 0 unspecified atom stereocenters. The van der Waals surface area contributed by atoms with Gasteiger partial charge in [0.25, 0.3) is 11.6 Å². The van der Waals surface area contributed by atoms with Gasteiger partial charge in [-0.15, -0.1) is 0 Å². The molecule has 3 rings (SSSR count). The van der Waals surface area contributed by atoms with Crippen LogP contribution in [0.25, 0.3) is 0 Å². The Hall–Kier alpha value is -3.36. The van der Waals surface area contributed by atoms with Crippen LogP contribution in [0.3, 0.4) is 0 Å². The number of benzene rings is 2. The van der Waals surface area contributed by atoms with Gasteiger partial charge in [-0.2, -0.15) is 0 Å². The highest BCUT2D eigenvalue weighted by Crippen LogP contribution is 2.25. The highest BCUT2D eigenvalue weighted by Gasteiger charge is 2.29. The van der Waals surface area contributed by atoms with Gasteiger partial charge in [0.1, 0.15) is 11.6 Å². The Morgan fingerprint density at radius 1 is 1.16 bits per heavy atom. The van der Waals surface area contributed by atoms with E-state index >= 15 is 0 Å². The van der Waals surface area contributed by atoms with Crippen LogP contribution < -0.4 is 5.32 Å². The van der Waals surface area contributed by atoms with Crippen LogP contribution in [0.5, 0.6) is 0 Å². The van der Waals surface area contributed by atoms with E-state index in [1.165, 1.54) is 17.9 Å². The fourth-order valence-electron chi connectivity index (χ4n) is 3.67. The van der Waals surface area contributed by atoms with Gasteiger partial charge < -0.3 is 10.2 Å². The van der Waals surface area contributed by atoms with Crippen LogP contribution in [0, 0.1) is 34.6 Å². The van der Waals surface area contributed by atoms with E-state index in [0.717, 1.165) is 12.1 Å². The van der Waals surface area contributed by atoms with E-state index < -0.39 is 22.3 Å². The third kappa shape index (κ3) is 5.22. The first-order chi connectivity index (χ1) is 14.8. The number of hydrogen-bond acceptors (Lipinski definition) is 4. The fraction of sp³-hybridized carbons (Fsp3) is 0.364. The van der Waals surface area contributed by atoms with E-state index in [9.17, 15) is 28.5 Å². The van der Waals surface area contributed by atoms with Gasteiger partial charge in [-0.25, -0.2) is 8.78 Å². The molecular weight excluding hydrogens is 408 g/mol. The second-order valence-electron chi connectivity index (χ2n) is 7.56. The van der Waals surface area contributed by atoms with Gasteiger partial charge in [0.2, 0.25) is 5.91 Å². The van der Waals surface area contributed by atoms with E-state index in [2.05, 4.69) is 5.32 Å². The molecule has 2 aromatic rings. The maximum Gasteiger partial charge on any atom is 0.276 e. The molecule has 1 fully saturated rings. The second-order valence-corrected chi connectivity index (χ2v) is 7.56. The minimum Gasteiger partial charge on any atom is -0.356 e. The number of hydrogen-bond donors (Lipinski definition) is 1. The number of carbonyl (C=O) groups is 2. The van der Waals surface area contributed by atoms with Crippen LogP contribution >= 0.6 is 0 Å². The molecule has 0 radical (unpaired) electrons. The molecule has 0 saturated carbocycles. The number of halogens is 2. The zero-order valence-corrected chi connectivity index (χ0v) is 17.1. The van der Waals surface area contributed by atoms with Crippen molar-refractivity contribution in [2.45, 2.75) is 26.2 Å². The molecule has 0 spiro atoms. The molecule has 0 bridgehead atoms. The Balaban J connectivity index is 1.53. The maximum atomic E-state index is 14.0. The number of piperidine rings is 1. The molecule has 164 valence electrons. The average Bonchev–Trinajstić information content (AvgIpc) is 2.76. The van der Waals surface area contributed by atoms with Crippen LogP contribution in [-0.4, -0.2) is 41.3 Å². The number of nitrogens with zero attached hydrogens (tertiary/aromatic N) is 2. The largest absolute Gasteiger partial charge is 0.356 e. The molecule has 0 aromatic heterocycles. The average molecular weight is 431 g/mol. The van der Waals surface area contributed by atoms with Gasteiger partial charge >= 0.3 is 0 Å². The van der Waals surface area contributed by atoms with Gasteiger partial charge in [0.15, 0.2) is 0 Å². The van der Waals surface area contributed by atoms with Crippen LogP contribution in [0.1, 0.15) is 34.3 Å². The summed E-state index contributed by atoms with van der Waals surface area (Å²) in [6.07, 6.45) is 1.23. The quantitative estimate of drug-likeness (QED) is 0.561. The van der Waals surface area contributed by atoms with E-state index in [1.807, 2.05) is 0 Å². The zero-order chi connectivity index (χ0) is 22.5. The first kappa shape index (κ1) is 22.3. The van der Waals surface area contributed by atoms with E-state index in [4.69, 9.17) is 0 Å². The summed E-state index contributed by atoms with van der Waals surface area (Å²) in [5.74, 6) is -2.05. The highest BCUT2D eigenvalue weighted by molar-refractivity contribution is 5.95. The Kier molecular flexibility index (Phi) is 6.94. The molecule has 7 nitrogen and oxygen atoms in total. The molecule has 2 amide bonds. The molecule has 9 heteroatoms. The lowest BCUT2D eigenvalue weighted by Gasteiger charge is -2.31. The fourth-order valence-corrected chi connectivity index (χ4v) is 3.67. The van der Waals surface area contributed by atoms with Crippen LogP contribution in [0.15, 0.2) is 36.4 Å². The Morgan fingerprint density at radius 3 is 2.48 bits per heavy atom. The van der Waals surface area contributed by atoms with Gasteiger partial charge in [-0.1, -0.05) is 18.2 Å². The number of carbonyl (C=O) groups excluding carboxylic acids is 2. The summed E-state index contributed by atoms with van der Waals surface area (Å²) < 4.78 is 27.6. The second kappa shape index (κ2) is 9.63. The summed E-state index contributed by atoms with van der Waals surface area (Å²) in [7, 11) is 0. The predicted octanol–water partition coefficient (Wildman–Crippen LogP) is 3.39.